The number of thiophene rings is 1. The molecule has 0 amide bonds. The zero-order valence-electron chi connectivity index (χ0n) is 9.53. The molecule has 0 unspecified atom stereocenters. The molecule has 0 saturated carbocycles. The van der Waals surface area contributed by atoms with Crippen molar-refractivity contribution in [3.8, 4) is 0 Å². The van der Waals surface area contributed by atoms with E-state index in [1.54, 1.807) is 34.2 Å². The zero-order valence-corrected chi connectivity index (χ0v) is 12.7. The first kappa shape index (κ1) is 13.8. The topological polar surface area (TPSA) is 34.0 Å². The fourth-order valence-corrected chi connectivity index (χ4v) is 2.97. The molecule has 0 aliphatic heterocycles. The molecule has 0 aliphatic carbocycles. The number of hydrogen-bond acceptors (Lipinski definition) is 3. The van der Waals surface area contributed by atoms with E-state index in [1.807, 2.05) is 12.1 Å². The molecule has 0 saturated heterocycles. The molecule has 0 aromatic carbocycles. The second-order valence-electron chi connectivity index (χ2n) is 3.76. The van der Waals surface area contributed by atoms with E-state index in [4.69, 9.17) is 11.6 Å². The van der Waals surface area contributed by atoms with Crippen molar-refractivity contribution >= 4 is 38.9 Å². The van der Waals surface area contributed by atoms with Crippen molar-refractivity contribution in [2.75, 3.05) is 6.54 Å². The van der Waals surface area contributed by atoms with Crippen LogP contribution in [0.25, 0.3) is 0 Å². The maximum Gasteiger partial charge on any atom is 0.250 e. The van der Waals surface area contributed by atoms with Crippen molar-refractivity contribution in [2.45, 2.75) is 13.1 Å². The van der Waals surface area contributed by atoms with E-state index in [0.717, 1.165) is 21.9 Å². The van der Waals surface area contributed by atoms with Gasteiger partial charge in [0, 0.05) is 41.2 Å². The Morgan fingerprint density at radius 3 is 2.89 bits per heavy atom. The number of rotatable bonds is 5. The van der Waals surface area contributed by atoms with Crippen molar-refractivity contribution in [3.63, 3.8) is 0 Å². The summed E-state index contributed by atoms with van der Waals surface area (Å²) in [4.78, 5) is 12.7. The van der Waals surface area contributed by atoms with E-state index in [2.05, 4.69) is 21.2 Å². The summed E-state index contributed by atoms with van der Waals surface area (Å²) >= 11 is 10.8. The van der Waals surface area contributed by atoms with Gasteiger partial charge in [-0.3, -0.25) is 4.79 Å². The van der Waals surface area contributed by atoms with Gasteiger partial charge < -0.3 is 9.88 Å². The first-order valence-corrected chi connectivity index (χ1v) is 7.45. The van der Waals surface area contributed by atoms with E-state index in [-0.39, 0.29) is 5.56 Å². The predicted molar refractivity (Wildman–Crippen MR) is 79.4 cm³/mol. The molecular formula is C12H12BrClN2OS. The molecular weight excluding hydrogens is 336 g/mol. The summed E-state index contributed by atoms with van der Waals surface area (Å²) in [7, 11) is 0. The van der Waals surface area contributed by atoms with Crippen LogP contribution >= 0.6 is 38.9 Å². The molecule has 2 heterocycles. The third-order valence-corrected chi connectivity index (χ3v) is 4.11. The van der Waals surface area contributed by atoms with Crippen LogP contribution in [-0.2, 0) is 13.1 Å². The second kappa shape index (κ2) is 6.52. The molecule has 96 valence electrons. The second-order valence-corrected chi connectivity index (χ2v) is 6.48. The van der Waals surface area contributed by atoms with Crippen LogP contribution < -0.4 is 10.9 Å². The maximum atomic E-state index is 11.5. The van der Waals surface area contributed by atoms with Gasteiger partial charge in [-0.25, -0.2) is 0 Å². The summed E-state index contributed by atoms with van der Waals surface area (Å²) < 4.78 is 3.39. The maximum absolute atomic E-state index is 11.5. The SMILES string of the molecule is O=c1ccc(Br)cn1CCNCc1ccc(Cl)s1. The molecule has 0 radical (unpaired) electrons. The van der Waals surface area contributed by atoms with Crippen LogP contribution in [-0.4, -0.2) is 11.1 Å². The molecule has 2 rings (SSSR count). The molecule has 0 aliphatic rings. The van der Waals surface area contributed by atoms with Gasteiger partial charge >= 0.3 is 0 Å². The Bertz CT molecular complexity index is 581. The van der Waals surface area contributed by atoms with Gasteiger partial charge in [0.15, 0.2) is 0 Å². The van der Waals surface area contributed by atoms with Crippen LogP contribution in [0.5, 0.6) is 0 Å². The minimum atomic E-state index is 0.0131. The van der Waals surface area contributed by atoms with Gasteiger partial charge in [-0.15, -0.1) is 11.3 Å². The Morgan fingerprint density at radius 2 is 2.17 bits per heavy atom. The van der Waals surface area contributed by atoms with E-state index in [0.29, 0.717) is 6.54 Å². The lowest BCUT2D eigenvalue weighted by Crippen LogP contribution is -2.25. The van der Waals surface area contributed by atoms with Gasteiger partial charge in [-0.2, -0.15) is 0 Å². The van der Waals surface area contributed by atoms with Crippen LogP contribution in [0.1, 0.15) is 4.88 Å². The van der Waals surface area contributed by atoms with Crippen molar-refractivity contribution in [2.24, 2.45) is 0 Å². The summed E-state index contributed by atoms with van der Waals surface area (Å²) in [6.07, 6.45) is 1.80. The van der Waals surface area contributed by atoms with Crippen LogP contribution in [0, 0.1) is 0 Å². The molecule has 1 N–H and O–H groups in total. The third-order valence-electron chi connectivity index (χ3n) is 2.40. The van der Waals surface area contributed by atoms with Crippen LogP contribution in [0.4, 0.5) is 0 Å². The molecule has 0 fully saturated rings. The van der Waals surface area contributed by atoms with Crippen molar-refractivity contribution in [1.29, 1.82) is 0 Å². The fourth-order valence-electron chi connectivity index (χ4n) is 1.53. The van der Waals surface area contributed by atoms with Crippen molar-refractivity contribution in [1.82, 2.24) is 9.88 Å². The van der Waals surface area contributed by atoms with Crippen LogP contribution in [0.15, 0.2) is 39.7 Å². The van der Waals surface area contributed by atoms with Gasteiger partial charge in [-0.1, -0.05) is 11.6 Å². The van der Waals surface area contributed by atoms with Crippen molar-refractivity contribution < 1.29 is 0 Å². The summed E-state index contributed by atoms with van der Waals surface area (Å²) in [5.41, 5.74) is 0.0131. The highest BCUT2D eigenvalue weighted by atomic mass is 79.9. The fraction of sp³-hybridized carbons (Fsp3) is 0.250. The average Bonchev–Trinajstić information content (AvgIpc) is 2.75. The van der Waals surface area contributed by atoms with Gasteiger partial charge in [0.1, 0.15) is 0 Å². The normalized spacial score (nSPS) is 10.8. The van der Waals surface area contributed by atoms with E-state index in [9.17, 15) is 4.79 Å². The number of nitrogens with one attached hydrogen (secondary N) is 1. The Balaban J connectivity index is 1.82. The highest BCUT2D eigenvalue weighted by Gasteiger charge is 1.99. The van der Waals surface area contributed by atoms with Gasteiger partial charge in [-0.05, 0) is 34.1 Å². The first-order chi connectivity index (χ1) is 8.65. The smallest absolute Gasteiger partial charge is 0.250 e. The monoisotopic (exact) mass is 346 g/mol. The number of nitrogens with zero attached hydrogens (tertiary/aromatic N) is 1. The largest absolute Gasteiger partial charge is 0.313 e. The average molecular weight is 348 g/mol. The summed E-state index contributed by atoms with van der Waals surface area (Å²) in [5.74, 6) is 0. The molecule has 0 atom stereocenters. The first-order valence-electron chi connectivity index (χ1n) is 5.46. The number of hydrogen-bond donors (Lipinski definition) is 1. The molecule has 0 bridgehead atoms. The van der Waals surface area contributed by atoms with Gasteiger partial charge in [0.2, 0.25) is 0 Å². The minimum absolute atomic E-state index is 0.0131. The third kappa shape index (κ3) is 3.95. The summed E-state index contributed by atoms with van der Waals surface area (Å²) in [6, 6.07) is 7.20. The molecule has 18 heavy (non-hydrogen) atoms. The lowest BCUT2D eigenvalue weighted by molar-refractivity contribution is 0.587. The van der Waals surface area contributed by atoms with E-state index in [1.165, 1.54) is 4.88 Å². The Morgan fingerprint density at radius 1 is 1.33 bits per heavy atom. The minimum Gasteiger partial charge on any atom is -0.313 e. The van der Waals surface area contributed by atoms with Crippen molar-refractivity contribution in [3.05, 3.63) is 54.5 Å². The quantitative estimate of drug-likeness (QED) is 0.843. The Kier molecular flexibility index (Phi) is 5.00. The van der Waals surface area contributed by atoms with Crippen LogP contribution in [0.3, 0.4) is 0 Å². The van der Waals surface area contributed by atoms with Gasteiger partial charge in [0.25, 0.3) is 5.56 Å². The standard InChI is InChI=1S/C12H12BrClN2OS/c13-9-1-4-12(17)16(8-9)6-5-15-7-10-2-3-11(14)18-10/h1-4,8,15H,5-7H2. The van der Waals surface area contributed by atoms with E-state index < -0.39 is 0 Å². The zero-order chi connectivity index (χ0) is 13.0. The lowest BCUT2D eigenvalue weighted by Gasteiger charge is -2.06. The Labute approximate surface area is 123 Å². The summed E-state index contributed by atoms with van der Waals surface area (Å²) in [6.45, 7) is 2.17. The number of aromatic nitrogens is 1. The number of pyridine rings is 1. The predicted octanol–water partition coefficient (Wildman–Crippen LogP) is 3.12. The lowest BCUT2D eigenvalue weighted by atomic mass is 10.4. The molecule has 2 aromatic rings. The van der Waals surface area contributed by atoms with E-state index >= 15 is 0 Å². The molecule has 0 spiro atoms. The highest BCUT2D eigenvalue weighted by molar-refractivity contribution is 9.10. The Hall–Kier alpha value is -0.620. The van der Waals surface area contributed by atoms with Gasteiger partial charge in [0.05, 0.1) is 4.34 Å². The van der Waals surface area contributed by atoms with Crippen LogP contribution in [0.2, 0.25) is 4.34 Å². The highest BCUT2D eigenvalue weighted by Crippen LogP contribution is 2.20. The molecule has 3 nitrogen and oxygen atoms in total. The number of halogens is 2. The summed E-state index contributed by atoms with van der Waals surface area (Å²) in [5, 5.41) is 3.29. The molecule has 2 aromatic heterocycles. The molecule has 6 heteroatoms.